The fraction of sp³-hybridized carbons (Fsp3) is 0.200. The van der Waals surface area contributed by atoms with Crippen molar-refractivity contribution < 1.29 is 5.11 Å². The number of nitrogens with zero attached hydrogens (tertiary/aromatic N) is 2. The number of aryl methyl sites for hydroxylation is 1. The van der Waals surface area contributed by atoms with Gasteiger partial charge in [-0.15, -0.1) is 11.3 Å². The van der Waals surface area contributed by atoms with E-state index in [1.54, 1.807) is 17.9 Å². The molecule has 0 spiro atoms. The highest BCUT2D eigenvalue weighted by atomic mass is 32.1. The first-order chi connectivity index (χ1) is 6.77. The summed E-state index contributed by atoms with van der Waals surface area (Å²) in [7, 11) is 0. The zero-order valence-corrected chi connectivity index (χ0v) is 8.53. The third-order valence-electron chi connectivity index (χ3n) is 1.97. The molecule has 2 rings (SSSR count). The van der Waals surface area contributed by atoms with Gasteiger partial charge in [-0.1, -0.05) is 6.07 Å². The van der Waals surface area contributed by atoms with E-state index in [2.05, 4.69) is 9.97 Å². The molecule has 1 unspecified atom stereocenters. The molecular weight excluding hydrogens is 196 g/mol. The van der Waals surface area contributed by atoms with Crippen LogP contribution in [0.25, 0.3) is 0 Å². The number of pyridine rings is 1. The second kappa shape index (κ2) is 3.86. The maximum atomic E-state index is 9.90. The van der Waals surface area contributed by atoms with Crippen LogP contribution >= 0.6 is 11.3 Å². The number of aliphatic hydroxyl groups is 1. The summed E-state index contributed by atoms with van der Waals surface area (Å²) in [5.74, 6) is 0. The summed E-state index contributed by atoms with van der Waals surface area (Å²) >= 11 is 1.44. The van der Waals surface area contributed by atoms with Gasteiger partial charge in [0.15, 0.2) is 0 Å². The Kier molecular flexibility index (Phi) is 2.56. The van der Waals surface area contributed by atoms with Gasteiger partial charge in [0, 0.05) is 23.7 Å². The van der Waals surface area contributed by atoms with E-state index in [0.717, 1.165) is 16.1 Å². The minimum atomic E-state index is -0.601. The molecule has 72 valence electrons. The molecule has 0 saturated carbocycles. The quantitative estimate of drug-likeness (QED) is 0.816. The van der Waals surface area contributed by atoms with Crippen molar-refractivity contribution in [2.24, 2.45) is 0 Å². The molecule has 0 fully saturated rings. The molecule has 0 bridgehead atoms. The van der Waals surface area contributed by atoms with Crippen LogP contribution in [0.15, 0.2) is 30.0 Å². The van der Waals surface area contributed by atoms with Gasteiger partial charge in [0.2, 0.25) is 0 Å². The maximum absolute atomic E-state index is 9.90. The van der Waals surface area contributed by atoms with E-state index in [4.69, 9.17) is 0 Å². The Labute approximate surface area is 86.1 Å². The molecule has 0 aliphatic heterocycles. The molecule has 14 heavy (non-hydrogen) atoms. The maximum Gasteiger partial charge on any atom is 0.116 e. The molecule has 2 heterocycles. The number of rotatable bonds is 2. The summed E-state index contributed by atoms with van der Waals surface area (Å²) in [4.78, 5) is 8.90. The highest BCUT2D eigenvalue weighted by Crippen LogP contribution is 2.23. The first kappa shape index (κ1) is 9.30. The first-order valence-electron chi connectivity index (χ1n) is 4.26. The van der Waals surface area contributed by atoms with Crippen LogP contribution in [-0.2, 0) is 0 Å². The van der Waals surface area contributed by atoms with Crippen molar-refractivity contribution in [1.82, 2.24) is 9.97 Å². The lowest BCUT2D eigenvalue weighted by Crippen LogP contribution is -1.97. The Hall–Kier alpha value is -1.26. The van der Waals surface area contributed by atoms with Crippen LogP contribution in [0.4, 0.5) is 0 Å². The van der Waals surface area contributed by atoms with E-state index in [1.807, 2.05) is 19.1 Å². The third-order valence-corrected chi connectivity index (χ3v) is 2.80. The van der Waals surface area contributed by atoms with Crippen LogP contribution in [0.2, 0.25) is 0 Å². The van der Waals surface area contributed by atoms with Crippen LogP contribution in [0.3, 0.4) is 0 Å². The van der Waals surface area contributed by atoms with Crippen molar-refractivity contribution >= 4 is 11.3 Å². The van der Waals surface area contributed by atoms with Crippen molar-refractivity contribution in [3.8, 4) is 0 Å². The van der Waals surface area contributed by atoms with Crippen molar-refractivity contribution in [1.29, 1.82) is 0 Å². The molecule has 0 aromatic carbocycles. The van der Waals surface area contributed by atoms with Crippen LogP contribution in [0.5, 0.6) is 0 Å². The van der Waals surface area contributed by atoms with E-state index in [1.165, 1.54) is 11.3 Å². The van der Waals surface area contributed by atoms with E-state index >= 15 is 0 Å². The van der Waals surface area contributed by atoms with Crippen LogP contribution in [0, 0.1) is 6.92 Å². The molecule has 1 N–H and O–H groups in total. The number of hydrogen-bond acceptors (Lipinski definition) is 4. The van der Waals surface area contributed by atoms with Gasteiger partial charge in [0.1, 0.15) is 6.10 Å². The van der Waals surface area contributed by atoms with Crippen LogP contribution in [-0.4, -0.2) is 15.1 Å². The fourth-order valence-electron chi connectivity index (χ4n) is 1.17. The highest BCUT2D eigenvalue weighted by Gasteiger charge is 2.11. The lowest BCUT2D eigenvalue weighted by atomic mass is 10.1. The highest BCUT2D eigenvalue weighted by molar-refractivity contribution is 7.09. The molecule has 0 saturated heterocycles. The third kappa shape index (κ3) is 1.81. The molecule has 4 heteroatoms. The number of hydrogen-bond donors (Lipinski definition) is 1. The summed E-state index contributed by atoms with van der Waals surface area (Å²) in [6.07, 6.45) is 2.77. The second-order valence-electron chi connectivity index (χ2n) is 3.04. The average Bonchev–Trinajstić information content (AvgIpc) is 2.71. The SMILES string of the molecule is Cc1ccc(C(O)c2cncs2)cn1. The minimum Gasteiger partial charge on any atom is -0.383 e. The lowest BCUT2D eigenvalue weighted by Gasteiger charge is -2.07. The van der Waals surface area contributed by atoms with Crippen molar-refractivity contribution in [3.63, 3.8) is 0 Å². The summed E-state index contributed by atoms with van der Waals surface area (Å²) in [5, 5.41) is 9.90. The Morgan fingerprint density at radius 3 is 2.79 bits per heavy atom. The Balaban J connectivity index is 2.28. The standard InChI is InChI=1S/C10H10N2OS/c1-7-2-3-8(4-12-7)10(13)9-5-11-6-14-9/h2-6,10,13H,1H3. The molecule has 2 aromatic heterocycles. The summed E-state index contributed by atoms with van der Waals surface area (Å²) < 4.78 is 0. The summed E-state index contributed by atoms with van der Waals surface area (Å²) in [6.45, 7) is 1.92. The summed E-state index contributed by atoms with van der Waals surface area (Å²) in [6, 6.07) is 3.77. The molecule has 2 aromatic rings. The number of aliphatic hydroxyl groups excluding tert-OH is 1. The van der Waals surface area contributed by atoms with Crippen LogP contribution < -0.4 is 0 Å². The zero-order valence-electron chi connectivity index (χ0n) is 7.71. The van der Waals surface area contributed by atoms with Crippen LogP contribution in [0.1, 0.15) is 22.2 Å². The monoisotopic (exact) mass is 206 g/mol. The second-order valence-corrected chi connectivity index (χ2v) is 3.96. The van der Waals surface area contributed by atoms with Gasteiger partial charge in [-0.2, -0.15) is 0 Å². The van der Waals surface area contributed by atoms with E-state index < -0.39 is 6.10 Å². The number of aromatic nitrogens is 2. The largest absolute Gasteiger partial charge is 0.383 e. The molecule has 0 aliphatic rings. The molecule has 0 aliphatic carbocycles. The van der Waals surface area contributed by atoms with Gasteiger partial charge >= 0.3 is 0 Å². The molecular formula is C10H10N2OS. The zero-order chi connectivity index (χ0) is 9.97. The fourth-order valence-corrected chi connectivity index (χ4v) is 1.80. The summed E-state index contributed by atoms with van der Waals surface area (Å²) in [5.41, 5.74) is 3.46. The van der Waals surface area contributed by atoms with Gasteiger partial charge in [0.05, 0.1) is 10.4 Å². The van der Waals surface area contributed by atoms with E-state index in [-0.39, 0.29) is 0 Å². The van der Waals surface area contributed by atoms with Gasteiger partial charge in [0.25, 0.3) is 0 Å². The lowest BCUT2D eigenvalue weighted by molar-refractivity contribution is 0.223. The number of thiazole rings is 1. The predicted molar refractivity (Wildman–Crippen MR) is 55.1 cm³/mol. The van der Waals surface area contributed by atoms with E-state index in [0.29, 0.717) is 0 Å². The van der Waals surface area contributed by atoms with Crippen molar-refractivity contribution in [2.45, 2.75) is 13.0 Å². The minimum absolute atomic E-state index is 0.601. The topological polar surface area (TPSA) is 46.0 Å². The van der Waals surface area contributed by atoms with Gasteiger partial charge < -0.3 is 5.11 Å². The van der Waals surface area contributed by atoms with E-state index in [9.17, 15) is 5.11 Å². The predicted octanol–water partition coefficient (Wildman–Crippen LogP) is 1.93. The smallest absolute Gasteiger partial charge is 0.116 e. The first-order valence-corrected chi connectivity index (χ1v) is 5.14. The molecule has 0 radical (unpaired) electrons. The van der Waals surface area contributed by atoms with Gasteiger partial charge in [-0.05, 0) is 13.0 Å². The molecule has 0 amide bonds. The van der Waals surface area contributed by atoms with Gasteiger partial charge in [-0.3, -0.25) is 9.97 Å². The molecule has 1 atom stereocenters. The average molecular weight is 206 g/mol. The Morgan fingerprint density at radius 2 is 2.21 bits per heavy atom. The van der Waals surface area contributed by atoms with Crippen molar-refractivity contribution in [2.75, 3.05) is 0 Å². The normalized spacial score (nSPS) is 12.7. The van der Waals surface area contributed by atoms with Gasteiger partial charge in [-0.25, -0.2) is 0 Å². The Bertz CT molecular complexity index is 397. The Morgan fingerprint density at radius 1 is 1.36 bits per heavy atom. The molecule has 3 nitrogen and oxygen atoms in total. The van der Waals surface area contributed by atoms with Crippen molar-refractivity contribution in [3.05, 3.63) is 46.2 Å².